The summed E-state index contributed by atoms with van der Waals surface area (Å²) in [6.45, 7) is 4.77. The zero-order valence-corrected chi connectivity index (χ0v) is 20.9. The molecule has 0 spiro atoms. The van der Waals surface area contributed by atoms with Gasteiger partial charge in [0, 0.05) is 38.5 Å². The Morgan fingerprint density at radius 1 is 0.514 bits per heavy atom. The Hall–Kier alpha value is -4.56. The number of aromatic nitrogens is 2. The fourth-order valence-corrected chi connectivity index (χ4v) is 6.65. The zero-order valence-electron chi connectivity index (χ0n) is 20.9. The lowest BCUT2D eigenvalue weighted by Gasteiger charge is -2.22. The second-order valence-electron chi connectivity index (χ2n) is 10.6. The van der Waals surface area contributed by atoms with Crippen LogP contribution in [-0.2, 0) is 5.41 Å². The minimum absolute atomic E-state index is 0.161. The molecule has 0 saturated heterocycles. The molecule has 37 heavy (non-hydrogen) atoms. The van der Waals surface area contributed by atoms with Gasteiger partial charge in [-0.15, -0.1) is 0 Å². The maximum absolute atomic E-state index is 2.53. The molecule has 7 aromatic rings. The summed E-state index contributed by atoms with van der Waals surface area (Å²) in [5, 5.41) is 3.89. The van der Waals surface area contributed by atoms with Crippen LogP contribution in [0.2, 0.25) is 0 Å². The van der Waals surface area contributed by atoms with E-state index in [9.17, 15) is 0 Å². The van der Waals surface area contributed by atoms with Crippen LogP contribution in [0.25, 0.3) is 55.2 Å². The maximum Gasteiger partial charge on any atom is 0.0545 e. The van der Waals surface area contributed by atoms with Crippen molar-refractivity contribution < 1.29 is 0 Å². The van der Waals surface area contributed by atoms with Gasteiger partial charge in [-0.25, -0.2) is 0 Å². The Bertz CT molecular complexity index is 1990. The normalized spacial score (nSPS) is 13.9. The third-order valence-corrected chi connectivity index (χ3v) is 8.25. The minimum atomic E-state index is -0.161. The summed E-state index contributed by atoms with van der Waals surface area (Å²) in [6.07, 6.45) is 0. The van der Waals surface area contributed by atoms with Crippen molar-refractivity contribution >= 4 is 32.7 Å². The first kappa shape index (κ1) is 20.6. The van der Waals surface area contributed by atoms with Gasteiger partial charge >= 0.3 is 0 Å². The molecule has 0 fully saturated rings. The van der Waals surface area contributed by atoms with E-state index < -0.39 is 0 Å². The number of para-hydroxylation sites is 3. The summed E-state index contributed by atoms with van der Waals surface area (Å²) in [6, 6.07) is 44.2. The van der Waals surface area contributed by atoms with E-state index in [1.165, 1.54) is 66.5 Å². The van der Waals surface area contributed by atoms with Gasteiger partial charge in [-0.2, -0.15) is 0 Å². The van der Waals surface area contributed by atoms with Gasteiger partial charge in [-0.1, -0.05) is 98.8 Å². The third kappa shape index (κ3) is 2.65. The number of benzene rings is 5. The van der Waals surface area contributed by atoms with Crippen molar-refractivity contribution in [3.8, 4) is 22.5 Å². The quantitative estimate of drug-likeness (QED) is 0.236. The van der Waals surface area contributed by atoms with Crippen molar-refractivity contribution in [1.82, 2.24) is 9.13 Å². The first-order valence-corrected chi connectivity index (χ1v) is 13.0. The molecule has 1 aliphatic heterocycles. The highest BCUT2D eigenvalue weighted by molar-refractivity contribution is 6.11. The summed E-state index contributed by atoms with van der Waals surface area (Å²) < 4.78 is 4.95. The predicted molar refractivity (Wildman–Crippen MR) is 155 cm³/mol. The number of rotatable bonds is 2. The summed E-state index contributed by atoms with van der Waals surface area (Å²) >= 11 is 0. The van der Waals surface area contributed by atoms with E-state index in [2.05, 4.69) is 144 Å². The highest BCUT2D eigenvalue weighted by Gasteiger charge is 2.41. The molecule has 0 radical (unpaired) electrons. The molecule has 0 saturated carbocycles. The van der Waals surface area contributed by atoms with E-state index in [-0.39, 0.29) is 5.41 Å². The Morgan fingerprint density at radius 3 is 1.84 bits per heavy atom. The van der Waals surface area contributed by atoms with E-state index in [0.29, 0.717) is 0 Å². The van der Waals surface area contributed by atoms with Crippen LogP contribution in [0.1, 0.15) is 25.1 Å². The summed E-state index contributed by atoms with van der Waals surface area (Å²) in [5.41, 5.74) is 11.5. The Balaban J connectivity index is 1.53. The van der Waals surface area contributed by atoms with Crippen LogP contribution in [0, 0.1) is 0 Å². The number of hydrogen-bond acceptors (Lipinski definition) is 0. The number of hydrogen-bond donors (Lipinski definition) is 0. The van der Waals surface area contributed by atoms with Crippen molar-refractivity contribution in [2.75, 3.05) is 0 Å². The van der Waals surface area contributed by atoms with Crippen LogP contribution in [0.4, 0.5) is 0 Å². The highest BCUT2D eigenvalue weighted by atomic mass is 15.1. The van der Waals surface area contributed by atoms with Gasteiger partial charge in [0.25, 0.3) is 0 Å². The lowest BCUT2D eigenvalue weighted by molar-refractivity contribution is 0.647. The molecule has 0 amide bonds. The SMILES string of the molecule is CC1(C)c2cc3c(cc2-n2c1c(-c1ccccc1)c1ccccc12)c1ccccc1n3-c1ccccc1. The molecular formula is C35H26N2. The van der Waals surface area contributed by atoms with Crippen molar-refractivity contribution in [3.63, 3.8) is 0 Å². The molecule has 5 aromatic carbocycles. The fourth-order valence-electron chi connectivity index (χ4n) is 6.65. The molecule has 0 atom stereocenters. The molecule has 0 N–H and O–H groups in total. The van der Waals surface area contributed by atoms with Gasteiger partial charge < -0.3 is 9.13 Å². The first-order valence-electron chi connectivity index (χ1n) is 13.0. The van der Waals surface area contributed by atoms with Crippen molar-refractivity contribution in [1.29, 1.82) is 0 Å². The van der Waals surface area contributed by atoms with E-state index >= 15 is 0 Å². The van der Waals surface area contributed by atoms with E-state index in [4.69, 9.17) is 0 Å². The fraction of sp³-hybridized carbons (Fsp3) is 0.0857. The number of nitrogens with zero attached hydrogens (tertiary/aromatic N) is 2. The molecule has 0 bridgehead atoms. The molecule has 8 rings (SSSR count). The van der Waals surface area contributed by atoms with E-state index in [1.807, 2.05) is 0 Å². The molecule has 1 aliphatic rings. The lowest BCUT2D eigenvalue weighted by Crippen LogP contribution is -2.16. The van der Waals surface area contributed by atoms with Crippen LogP contribution >= 0.6 is 0 Å². The van der Waals surface area contributed by atoms with Gasteiger partial charge in [0.2, 0.25) is 0 Å². The van der Waals surface area contributed by atoms with Gasteiger partial charge in [0.05, 0.1) is 22.2 Å². The molecule has 2 heteroatoms. The molecule has 176 valence electrons. The standard InChI is InChI=1S/C35H26N2/c1-35(2)28-22-31-27(25-17-9-11-19-29(25)36(31)24-15-7-4-8-16-24)21-32(28)37-30-20-12-10-18-26(30)33(34(35)37)23-13-5-3-6-14-23/h3-22H,1-2H3. The predicted octanol–water partition coefficient (Wildman–Crippen LogP) is 9.03. The van der Waals surface area contributed by atoms with E-state index in [0.717, 1.165) is 0 Å². The number of fused-ring (bicyclic) bond motifs is 8. The summed E-state index contributed by atoms with van der Waals surface area (Å²) in [7, 11) is 0. The van der Waals surface area contributed by atoms with Crippen molar-refractivity contribution in [3.05, 3.63) is 133 Å². The average Bonchev–Trinajstić information content (AvgIpc) is 3.53. The second-order valence-corrected chi connectivity index (χ2v) is 10.6. The Kier molecular flexibility index (Phi) is 4.03. The Labute approximate surface area is 216 Å². The van der Waals surface area contributed by atoms with Gasteiger partial charge in [0.1, 0.15) is 0 Å². The van der Waals surface area contributed by atoms with Crippen LogP contribution in [0.15, 0.2) is 121 Å². The molecule has 2 nitrogen and oxygen atoms in total. The topological polar surface area (TPSA) is 9.86 Å². The van der Waals surface area contributed by atoms with E-state index in [1.54, 1.807) is 0 Å². The summed E-state index contributed by atoms with van der Waals surface area (Å²) in [5.74, 6) is 0. The van der Waals surface area contributed by atoms with Gasteiger partial charge in [-0.3, -0.25) is 0 Å². The molecular weight excluding hydrogens is 448 g/mol. The smallest absolute Gasteiger partial charge is 0.0545 e. The second kappa shape index (κ2) is 7.24. The lowest BCUT2D eigenvalue weighted by atomic mass is 9.80. The largest absolute Gasteiger partial charge is 0.312 e. The monoisotopic (exact) mass is 474 g/mol. The molecule has 3 heterocycles. The minimum Gasteiger partial charge on any atom is -0.312 e. The van der Waals surface area contributed by atoms with Crippen LogP contribution in [0.5, 0.6) is 0 Å². The molecule has 0 aliphatic carbocycles. The van der Waals surface area contributed by atoms with Crippen molar-refractivity contribution in [2.45, 2.75) is 19.3 Å². The van der Waals surface area contributed by atoms with Crippen LogP contribution in [-0.4, -0.2) is 9.13 Å². The summed E-state index contributed by atoms with van der Waals surface area (Å²) in [4.78, 5) is 0. The first-order chi connectivity index (χ1) is 18.1. The van der Waals surface area contributed by atoms with Crippen LogP contribution < -0.4 is 0 Å². The average molecular weight is 475 g/mol. The maximum atomic E-state index is 2.53. The molecule has 2 aromatic heterocycles. The third-order valence-electron chi connectivity index (χ3n) is 8.25. The zero-order chi connectivity index (χ0) is 24.7. The van der Waals surface area contributed by atoms with Crippen molar-refractivity contribution in [2.24, 2.45) is 0 Å². The van der Waals surface area contributed by atoms with Gasteiger partial charge in [0.15, 0.2) is 0 Å². The van der Waals surface area contributed by atoms with Gasteiger partial charge in [-0.05, 0) is 47.5 Å². The van der Waals surface area contributed by atoms with Crippen LogP contribution in [0.3, 0.4) is 0 Å². The highest BCUT2D eigenvalue weighted by Crippen LogP contribution is 2.53. The Morgan fingerprint density at radius 2 is 1.11 bits per heavy atom. The molecule has 0 unspecified atom stereocenters.